The molecule has 0 spiro atoms. The van der Waals surface area contributed by atoms with Crippen molar-refractivity contribution in [2.75, 3.05) is 19.7 Å². The molecule has 1 fully saturated rings. The number of pyridine rings is 1. The maximum Gasteiger partial charge on any atom is 0.124 e. The Morgan fingerprint density at radius 1 is 1.40 bits per heavy atom. The van der Waals surface area contributed by atoms with Gasteiger partial charge < -0.3 is 5.11 Å². The molecule has 2 heterocycles. The van der Waals surface area contributed by atoms with Crippen molar-refractivity contribution in [2.45, 2.75) is 19.4 Å². The number of nitrogens with zero attached hydrogens (tertiary/aromatic N) is 2. The van der Waals surface area contributed by atoms with Crippen molar-refractivity contribution >= 4 is 10.9 Å². The molecule has 1 atom stereocenters. The van der Waals surface area contributed by atoms with E-state index in [1.165, 1.54) is 6.07 Å². The first-order valence-corrected chi connectivity index (χ1v) is 7.12. The van der Waals surface area contributed by atoms with E-state index < -0.39 is 0 Å². The molecule has 3 rings (SSSR count). The lowest BCUT2D eigenvalue weighted by Gasteiger charge is -2.31. The normalized spacial score (nSPS) is 20.4. The van der Waals surface area contributed by atoms with Gasteiger partial charge in [-0.1, -0.05) is 6.07 Å². The number of rotatable bonds is 3. The predicted molar refractivity (Wildman–Crippen MR) is 76.8 cm³/mol. The van der Waals surface area contributed by atoms with Crippen LogP contribution in [0.15, 0.2) is 30.5 Å². The molecule has 0 aliphatic carbocycles. The highest BCUT2D eigenvalue weighted by Crippen LogP contribution is 2.23. The standard InChI is InChI=1S/C16H19FN2O/c17-15-7-13-4-1-5-18-16(13)14(8-15)10-19-6-2-3-12(9-19)11-20/h1,4-5,7-8,12,20H,2-3,6,9-11H2. The maximum atomic E-state index is 13.7. The second-order valence-corrected chi connectivity index (χ2v) is 5.57. The van der Waals surface area contributed by atoms with Crippen molar-refractivity contribution in [1.29, 1.82) is 0 Å². The third-order valence-electron chi connectivity index (χ3n) is 4.00. The highest BCUT2D eigenvalue weighted by Gasteiger charge is 2.20. The average Bonchev–Trinajstić information content (AvgIpc) is 2.47. The maximum absolute atomic E-state index is 13.7. The molecule has 4 heteroatoms. The van der Waals surface area contributed by atoms with Crippen molar-refractivity contribution in [3.05, 3.63) is 41.8 Å². The van der Waals surface area contributed by atoms with E-state index in [-0.39, 0.29) is 12.4 Å². The van der Waals surface area contributed by atoms with Crippen LogP contribution in [0.4, 0.5) is 4.39 Å². The van der Waals surface area contributed by atoms with Crippen LogP contribution in [0.5, 0.6) is 0 Å². The van der Waals surface area contributed by atoms with Crippen LogP contribution in [-0.2, 0) is 6.54 Å². The molecular formula is C16H19FN2O. The fourth-order valence-electron chi connectivity index (χ4n) is 3.03. The quantitative estimate of drug-likeness (QED) is 0.934. The molecule has 1 aliphatic heterocycles. The fourth-order valence-corrected chi connectivity index (χ4v) is 3.03. The third kappa shape index (κ3) is 2.81. The highest BCUT2D eigenvalue weighted by molar-refractivity contribution is 5.81. The Kier molecular flexibility index (Phi) is 3.94. The van der Waals surface area contributed by atoms with Crippen LogP contribution in [0.3, 0.4) is 0 Å². The number of benzene rings is 1. The molecule has 1 aliphatic rings. The summed E-state index contributed by atoms with van der Waals surface area (Å²) in [4.78, 5) is 6.67. The largest absolute Gasteiger partial charge is 0.396 e. The molecule has 0 amide bonds. The van der Waals surface area contributed by atoms with E-state index in [1.807, 2.05) is 12.1 Å². The molecule has 3 nitrogen and oxygen atoms in total. The Labute approximate surface area is 118 Å². The minimum atomic E-state index is -0.212. The molecule has 1 N–H and O–H groups in total. The number of aromatic nitrogens is 1. The number of fused-ring (bicyclic) bond motifs is 1. The predicted octanol–water partition coefficient (Wildman–Crippen LogP) is 2.58. The molecule has 2 aromatic rings. The second-order valence-electron chi connectivity index (χ2n) is 5.57. The number of hydrogen-bond acceptors (Lipinski definition) is 3. The minimum Gasteiger partial charge on any atom is -0.396 e. The number of aliphatic hydroxyl groups is 1. The molecule has 106 valence electrons. The first-order valence-electron chi connectivity index (χ1n) is 7.12. The summed E-state index contributed by atoms with van der Waals surface area (Å²) >= 11 is 0. The monoisotopic (exact) mass is 274 g/mol. The molecule has 0 radical (unpaired) electrons. The number of piperidine rings is 1. The van der Waals surface area contributed by atoms with Gasteiger partial charge in [0.05, 0.1) is 5.52 Å². The van der Waals surface area contributed by atoms with Gasteiger partial charge in [-0.05, 0) is 49.1 Å². The number of hydrogen-bond donors (Lipinski definition) is 1. The molecule has 0 saturated carbocycles. The van der Waals surface area contributed by atoms with Gasteiger partial charge in [-0.25, -0.2) is 4.39 Å². The molecule has 0 bridgehead atoms. The summed E-state index contributed by atoms with van der Waals surface area (Å²) < 4.78 is 13.7. The minimum absolute atomic E-state index is 0.212. The Morgan fingerprint density at radius 2 is 2.30 bits per heavy atom. The van der Waals surface area contributed by atoms with Gasteiger partial charge in [0.15, 0.2) is 0 Å². The van der Waals surface area contributed by atoms with Gasteiger partial charge in [-0.2, -0.15) is 0 Å². The molecule has 1 unspecified atom stereocenters. The second kappa shape index (κ2) is 5.85. The van der Waals surface area contributed by atoms with Crippen molar-refractivity contribution in [3.63, 3.8) is 0 Å². The van der Waals surface area contributed by atoms with Crippen LogP contribution in [-0.4, -0.2) is 34.7 Å². The molecule has 1 saturated heterocycles. The number of aliphatic hydroxyl groups excluding tert-OH is 1. The summed E-state index contributed by atoms with van der Waals surface area (Å²) in [5.74, 6) is 0.132. The summed E-state index contributed by atoms with van der Waals surface area (Å²) in [6.07, 6.45) is 3.91. The van der Waals surface area contributed by atoms with E-state index in [1.54, 1.807) is 12.3 Å². The average molecular weight is 274 g/mol. The fraction of sp³-hybridized carbons (Fsp3) is 0.438. The Morgan fingerprint density at radius 3 is 3.15 bits per heavy atom. The van der Waals surface area contributed by atoms with Gasteiger partial charge in [0.1, 0.15) is 5.82 Å². The Bertz CT molecular complexity index is 602. The zero-order valence-electron chi connectivity index (χ0n) is 11.4. The van der Waals surface area contributed by atoms with Crippen LogP contribution in [0.1, 0.15) is 18.4 Å². The summed E-state index contributed by atoms with van der Waals surface area (Å²) in [7, 11) is 0. The van der Waals surface area contributed by atoms with Crippen molar-refractivity contribution in [3.8, 4) is 0 Å². The van der Waals surface area contributed by atoms with Crippen molar-refractivity contribution in [1.82, 2.24) is 9.88 Å². The molecular weight excluding hydrogens is 255 g/mol. The van der Waals surface area contributed by atoms with Crippen LogP contribution in [0, 0.1) is 11.7 Å². The molecule has 1 aromatic heterocycles. The lowest BCUT2D eigenvalue weighted by atomic mass is 9.98. The van der Waals surface area contributed by atoms with Gasteiger partial charge >= 0.3 is 0 Å². The van der Waals surface area contributed by atoms with Gasteiger partial charge in [-0.15, -0.1) is 0 Å². The van der Waals surface area contributed by atoms with Crippen LogP contribution in [0.25, 0.3) is 10.9 Å². The zero-order valence-corrected chi connectivity index (χ0v) is 11.4. The first kappa shape index (κ1) is 13.5. The van der Waals surface area contributed by atoms with Crippen molar-refractivity contribution < 1.29 is 9.50 Å². The van der Waals surface area contributed by atoms with E-state index in [0.717, 1.165) is 42.4 Å². The van der Waals surface area contributed by atoms with Gasteiger partial charge in [0.25, 0.3) is 0 Å². The smallest absolute Gasteiger partial charge is 0.124 e. The van der Waals surface area contributed by atoms with E-state index in [9.17, 15) is 9.50 Å². The molecule has 20 heavy (non-hydrogen) atoms. The molecule has 1 aromatic carbocycles. The van der Waals surface area contributed by atoms with E-state index in [0.29, 0.717) is 12.5 Å². The van der Waals surface area contributed by atoms with Gasteiger partial charge in [-0.3, -0.25) is 9.88 Å². The SMILES string of the molecule is OCC1CCCN(Cc2cc(F)cc3cccnc23)C1. The Hall–Kier alpha value is -1.52. The van der Waals surface area contributed by atoms with Crippen molar-refractivity contribution in [2.24, 2.45) is 5.92 Å². The number of halogens is 1. The first-order chi connectivity index (χ1) is 9.76. The van der Waals surface area contributed by atoms with E-state index in [2.05, 4.69) is 9.88 Å². The summed E-state index contributed by atoms with van der Waals surface area (Å²) in [6, 6.07) is 6.83. The van der Waals surface area contributed by atoms with E-state index >= 15 is 0 Å². The number of likely N-dealkylation sites (tertiary alicyclic amines) is 1. The van der Waals surface area contributed by atoms with Crippen LogP contribution in [0.2, 0.25) is 0 Å². The summed E-state index contributed by atoms with van der Waals surface area (Å²) in [5, 5.41) is 10.1. The lowest BCUT2D eigenvalue weighted by molar-refractivity contribution is 0.116. The Balaban J connectivity index is 1.86. The third-order valence-corrected chi connectivity index (χ3v) is 4.00. The van der Waals surface area contributed by atoms with Crippen LogP contribution < -0.4 is 0 Å². The topological polar surface area (TPSA) is 36.4 Å². The van der Waals surface area contributed by atoms with Gasteiger partial charge in [0, 0.05) is 31.3 Å². The zero-order chi connectivity index (χ0) is 13.9. The lowest BCUT2D eigenvalue weighted by Crippen LogP contribution is -2.36. The van der Waals surface area contributed by atoms with Gasteiger partial charge in [0.2, 0.25) is 0 Å². The van der Waals surface area contributed by atoms with Crippen LogP contribution >= 0.6 is 0 Å². The van der Waals surface area contributed by atoms with E-state index in [4.69, 9.17) is 0 Å². The summed E-state index contributed by atoms with van der Waals surface area (Å²) in [6.45, 7) is 2.81. The summed E-state index contributed by atoms with van der Waals surface area (Å²) in [5.41, 5.74) is 1.80. The highest BCUT2D eigenvalue weighted by atomic mass is 19.1.